The van der Waals surface area contributed by atoms with E-state index >= 15 is 0 Å². The fourth-order valence-electron chi connectivity index (χ4n) is 3.47. The van der Waals surface area contributed by atoms with Crippen LogP contribution in [0, 0.1) is 5.92 Å². The van der Waals surface area contributed by atoms with E-state index in [9.17, 15) is 9.90 Å². The zero-order chi connectivity index (χ0) is 17.6. The summed E-state index contributed by atoms with van der Waals surface area (Å²) >= 11 is 0. The van der Waals surface area contributed by atoms with Gasteiger partial charge in [-0.1, -0.05) is 30.3 Å². The van der Waals surface area contributed by atoms with Gasteiger partial charge in [0.15, 0.2) is 11.7 Å². The van der Waals surface area contributed by atoms with Crippen molar-refractivity contribution in [2.45, 2.75) is 44.6 Å². The van der Waals surface area contributed by atoms with E-state index in [1.54, 1.807) is 6.20 Å². The first-order valence-electron chi connectivity index (χ1n) is 9.04. The average Bonchev–Trinajstić information content (AvgIpc) is 3.15. The number of nitrogens with zero attached hydrogens (tertiary/aromatic N) is 2. The fourth-order valence-corrected chi connectivity index (χ4v) is 3.47. The van der Waals surface area contributed by atoms with Crippen molar-refractivity contribution in [2.24, 2.45) is 5.92 Å². The molecule has 1 heterocycles. The molecule has 1 saturated carbocycles. The second-order valence-electron chi connectivity index (χ2n) is 6.85. The fraction of sp³-hybridized carbons (Fsp3) is 0.500. The highest BCUT2D eigenvalue weighted by atomic mass is 16.4. The molecule has 25 heavy (non-hydrogen) atoms. The molecule has 134 valence electrons. The van der Waals surface area contributed by atoms with Gasteiger partial charge in [0.25, 0.3) is 0 Å². The van der Waals surface area contributed by atoms with E-state index in [4.69, 9.17) is 4.42 Å². The summed E-state index contributed by atoms with van der Waals surface area (Å²) in [5.74, 6) is 1.87. The van der Waals surface area contributed by atoms with Gasteiger partial charge in [-0.3, -0.25) is 4.79 Å². The van der Waals surface area contributed by atoms with Crippen LogP contribution in [0.1, 0.15) is 38.0 Å². The number of aryl methyl sites for hydroxylation is 1. The maximum atomic E-state index is 12.5. The van der Waals surface area contributed by atoms with Crippen molar-refractivity contribution < 1.29 is 14.3 Å². The first-order chi connectivity index (χ1) is 12.2. The molecule has 5 nitrogen and oxygen atoms in total. The van der Waals surface area contributed by atoms with Gasteiger partial charge >= 0.3 is 0 Å². The van der Waals surface area contributed by atoms with E-state index < -0.39 is 0 Å². The van der Waals surface area contributed by atoms with Crippen molar-refractivity contribution in [3.63, 3.8) is 0 Å². The van der Waals surface area contributed by atoms with Gasteiger partial charge < -0.3 is 14.4 Å². The van der Waals surface area contributed by atoms with Gasteiger partial charge in [-0.25, -0.2) is 4.98 Å². The Balaban J connectivity index is 1.50. The van der Waals surface area contributed by atoms with E-state index in [2.05, 4.69) is 4.98 Å². The van der Waals surface area contributed by atoms with Crippen LogP contribution < -0.4 is 0 Å². The summed E-state index contributed by atoms with van der Waals surface area (Å²) in [5.41, 5.74) is 0.991. The van der Waals surface area contributed by atoms with Gasteiger partial charge in [-0.15, -0.1) is 0 Å². The largest absolute Gasteiger partial charge is 0.441 e. The molecule has 1 N–H and O–H groups in total. The molecule has 2 aromatic rings. The first kappa shape index (κ1) is 17.7. The topological polar surface area (TPSA) is 66.6 Å². The number of hydrogen-bond acceptors (Lipinski definition) is 4. The number of benzene rings is 1. The highest BCUT2D eigenvalue weighted by Crippen LogP contribution is 2.27. The minimum atomic E-state index is 0.131. The molecule has 1 aromatic heterocycles. The van der Waals surface area contributed by atoms with Crippen LogP contribution >= 0.6 is 0 Å². The molecule has 0 bridgehead atoms. The van der Waals surface area contributed by atoms with Crippen LogP contribution in [0.25, 0.3) is 11.3 Å². The summed E-state index contributed by atoms with van der Waals surface area (Å²) in [6.45, 7) is 0.262. The number of aliphatic hydroxyl groups is 1. The molecular weight excluding hydrogens is 316 g/mol. The predicted molar refractivity (Wildman–Crippen MR) is 95.9 cm³/mol. The molecule has 1 fully saturated rings. The first-order valence-corrected chi connectivity index (χ1v) is 9.04. The monoisotopic (exact) mass is 342 g/mol. The van der Waals surface area contributed by atoms with Crippen LogP contribution in [0.2, 0.25) is 0 Å². The van der Waals surface area contributed by atoms with Crippen molar-refractivity contribution in [3.8, 4) is 11.3 Å². The van der Waals surface area contributed by atoms with Crippen molar-refractivity contribution in [1.29, 1.82) is 0 Å². The number of aliphatic hydroxyl groups excluding tert-OH is 1. The van der Waals surface area contributed by atoms with E-state index in [-0.39, 0.29) is 12.5 Å². The highest BCUT2D eigenvalue weighted by Gasteiger charge is 2.26. The zero-order valence-electron chi connectivity index (χ0n) is 14.7. The molecular formula is C20H26N2O3. The molecule has 5 heteroatoms. The average molecular weight is 342 g/mol. The molecule has 0 atom stereocenters. The number of carbonyl (C=O) groups excluding carboxylic acids is 1. The summed E-state index contributed by atoms with van der Waals surface area (Å²) in [6.07, 6.45) is 6.59. The number of amides is 1. The molecule has 3 rings (SSSR count). The van der Waals surface area contributed by atoms with Gasteiger partial charge in [0.2, 0.25) is 5.91 Å². The molecule has 1 aliphatic carbocycles. The Bertz CT molecular complexity index is 675. The zero-order valence-corrected chi connectivity index (χ0v) is 14.7. The molecule has 1 aliphatic rings. The van der Waals surface area contributed by atoms with Crippen LogP contribution in [-0.2, 0) is 11.2 Å². The highest BCUT2D eigenvalue weighted by molar-refractivity contribution is 5.76. The lowest BCUT2D eigenvalue weighted by Crippen LogP contribution is -2.39. The SMILES string of the molecule is CN(C(=O)CCc1ncc(-c2ccccc2)o1)C1CCC(CO)CC1. The Morgan fingerprint density at radius 1 is 1.24 bits per heavy atom. The summed E-state index contributed by atoms with van der Waals surface area (Å²) in [5, 5.41) is 9.22. The standard InChI is InChI=1S/C20H26N2O3/c1-22(17-9-7-15(14-23)8-10-17)20(24)12-11-19-21-13-18(25-19)16-5-3-2-4-6-16/h2-6,13,15,17,23H,7-12,14H2,1H3. The van der Waals surface area contributed by atoms with Crippen molar-refractivity contribution >= 4 is 5.91 Å². The molecule has 0 radical (unpaired) electrons. The number of carbonyl (C=O) groups is 1. The third-order valence-electron chi connectivity index (χ3n) is 5.18. The van der Waals surface area contributed by atoms with E-state index in [0.717, 1.165) is 37.0 Å². The lowest BCUT2D eigenvalue weighted by Gasteiger charge is -2.34. The van der Waals surface area contributed by atoms with Gasteiger partial charge in [0, 0.05) is 38.1 Å². The smallest absolute Gasteiger partial charge is 0.223 e. The minimum Gasteiger partial charge on any atom is -0.441 e. The van der Waals surface area contributed by atoms with E-state index in [1.165, 1.54) is 0 Å². The normalized spacial score (nSPS) is 20.4. The van der Waals surface area contributed by atoms with Crippen LogP contribution in [0.3, 0.4) is 0 Å². The minimum absolute atomic E-state index is 0.131. The number of oxazole rings is 1. The maximum Gasteiger partial charge on any atom is 0.223 e. The summed E-state index contributed by atoms with van der Waals surface area (Å²) < 4.78 is 5.76. The quantitative estimate of drug-likeness (QED) is 0.875. The lowest BCUT2D eigenvalue weighted by atomic mass is 9.86. The Hall–Kier alpha value is -2.14. The van der Waals surface area contributed by atoms with Gasteiger partial charge in [-0.2, -0.15) is 0 Å². The Morgan fingerprint density at radius 3 is 2.64 bits per heavy atom. The van der Waals surface area contributed by atoms with Crippen LogP contribution in [0.4, 0.5) is 0 Å². The van der Waals surface area contributed by atoms with Crippen molar-refractivity contribution in [3.05, 3.63) is 42.4 Å². The van der Waals surface area contributed by atoms with E-state index in [0.29, 0.717) is 30.7 Å². The maximum absolute atomic E-state index is 12.5. The van der Waals surface area contributed by atoms with Crippen LogP contribution in [0.5, 0.6) is 0 Å². The van der Waals surface area contributed by atoms with Gasteiger partial charge in [0.05, 0.1) is 6.20 Å². The molecule has 0 unspecified atom stereocenters. The van der Waals surface area contributed by atoms with Gasteiger partial charge in [0.1, 0.15) is 0 Å². The summed E-state index contributed by atoms with van der Waals surface area (Å²) in [7, 11) is 1.89. The van der Waals surface area contributed by atoms with Crippen LogP contribution in [0.15, 0.2) is 40.9 Å². The summed E-state index contributed by atoms with van der Waals surface area (Å²) in [4.78, 5) is 18.6. The van der Waals surface area contributed by atoms with Crippen molar-refractivity contribution in [2.75, 3.05) is 13.7 Å². The Kier molecular flexibility index (Phi) is 5.87. The second-order valence-corrected chi connectivity index (χ2v) is 6.85. The van der Waals surface area contributed by atoms with Crippen LogP contribution in [-0.4, -0.2) is 40.6 Å². The summed E-state index contributed by atoms with van der Waals surface area (Å²) in [6, 6.07) is 10.1. The molecule has 1 amide bonds. The Labute approximate surface area is 148 Å². The van der Waals surface area contributed by atoms with Gasteiger partial charge in [-0.05, 0) is 31.6 Å². The predicted octanol–water partition coefficient (Wildman–Crippen LogP) is 3.28. The molecule has 0 aliphatic heterocycles. The number of hydrogen-bond donors (Lipinski definition) is 1. The Morgan fingerprint density at radius 2 is 1.96 bits per heavy atom. The van der Waals surface area contributed by atoms with E-state index in [1.807, 2.05) is 42.3 Å². The third-order valence-corrected chi connectivity index (χ3v) is 5.18. The second kappa shape index (κ2) is 8.30. The number of rotatable bonds is 6. The molecule has 0 saturated heterocycles. The molecule has 1 aromatic carbocycles. The van der Waals surface area contributed by atoms with Crippen molar-refractivity contribution in [1.82, 2.24) is 9.88 Å². The molecule has 0 spiro atoms. The third kappa shape index (κ3) is 4.48. The lowest BCUT2D eigenvalue weighted by molar-refractivity contribution is -0.132. The number of aromatic nitrogens is 1.